The predicted octanol–water partition coefficient (Wildman–Crippen LogP) is 9.82. The van der Waals surface area contributed by atoms with Crippen LogP contribution in [0, 0.1) is 0 Å². The van der Waals surface area contributed by atoms with E-state index in [1.54, 1.807) is 6.08 Å². The number of benzene rings is 3. The fourth-order valence-electron chi connectivity index (χ4n) is 4.29. The molecule has 4 rings (SSSR count). The molecule has 0 aliphatic heterocycles. The molecule has 0 saturated carbocycles. The van der Waals surface area contributed by atoms with E-state index in [4.69, 9.17) is 11.6 Å². The van der Waals surface area contributed by atoms with E-state index in [0.29, 0.717) is 10.6 Å². The van der Waals surface area contributed by atoms with Gasteiger partial charge in [-0.2, -0.15) is 13.8 Å². The van der Waals surface area contributed by atoms with Gasteiger partial charge in [-0.15, -0.1) is 0 Å². The zero-order valence-electron chi connectivity index (χ0n) is 19.5. The van der Waals surface area contributed by atoms with Crippen molar-refractivity contribution >= 4 is 34.6 Å². The average molecular weight is 506 g/mol. The molecule has 5 heteroatoms. The first-order chi connectivity index (χ1) is 16.9. The maximum Gasteiger partial charge on any atom is 0.294 e. The zero-order chi connectivity index (χ0) is 24.8. The van der Waals surface area contributed by atoms with E-state index in [2.05, 4.69) is 54.5 Å². The van der Waals surface area contributed by atoms with Gasteiger partial charge in [-0.25, -0.2) is 0 Å². The summed E-state index contributed by atoms with van der Waals surface area (Å²) in [7, 11) is 0. The number of rotatable bonds is 8. The first-order valence-corrected chi connectivity index (χ1v) is 12.6. The maximum absolute atomic E-state index is 14.4. The van der Waals surface area contributed by atoms with Crippen LogP contribution in [0.2, 0.25) is 5.02 Å². The summed E-state index contributed by atoms with van der Waals surface area (Å²) in [6, 6.07) is 22.2. The third-order valence-corrected chi connectivity index (χ3v) is 6.69. The van der Waals surface area contributed by atoms with Crippen molar-refractivity contribution in [2.75, 3.05) is 0 Å². The minimum atomic E-state index is -3.07. The lowest BCUT2D eigenvalue weighted by molar-refractivity contribution is 0.0453. The molecule has 0 heterocycles. The van der Waals surface area contributed by atoms with E-state index in [1.165, 1.54) is 30.9 Å². The summed E-state index contributed by atoms with van der Waals surface area (Å²) in [5, 5.41) is 2.67. The highest BCUT2D eigenvalue weighted by Gasteiger charge is 2.37. The lowest BCUT2D eigenvalue weighted by Gasteiger charge is -2.22. The second kappa shape index (κ2) is 11.2. The molecule has 0 bridgehead atoms. The molecule has 0 saturated heterocycles. The van der Waals surface area contributed by atoms with Crippen molar-refractivity contribution < 1.29 is 8.78 Å². The highest BCUT2D eigenvalue weighted by Crippen LogP contribution is 2.40. The van der Waals surface area contributed by atoms with E-state index in [9.17, 15) is 8.78 Å². The van der Waals surface area contributed by atoms with Gasteiger partial charge in [0.2, 0.25) is 0 Å². The summed E-state index contributed by atoms with van der Waals surface area (Å²) >= 11 is 11.1. The first kappa shape index (κ1) is 25.2. The molecule has 178 valence electrons. The van der Waals surface area contributed by atoms with Gasteiger partial charge < -0.3 is 0 Å². The third-order valence-electron chi connectivity index (χ3n) is 6.29. The van der Waals surface area contributed by atoms with Gasteiger partial charge in [-0.1, -0.05) is 98.1 Å². The van der Waals surface area contributed by atoms with E-state index >= 15 is 0 Å². The number of nitrogens with zero attached hydrogens (tertiary/aromatic N) is 1. The Labute approximate surface area is 215 Å². The van der Waals surface area contributed by atoms with Crippen LogP contribution in [0.1, 0.15) is 43.7 Å². The van der Waals surface area contributed by atoms with Crippen LogP contribution in [0.25, 0.3) is 27.8 Å². The van der Waals surface area contributed by atoms with Crippen molar-refractivity contribution in [2.24, 2.45) is 4.99 Å². The quantitative estimate of drug-likeness (QED) is 0.168. The number of isothiocyanates is 1. The minimum absolute atomic E-state index is 0.356. The van der Waals surface area contributed by atoms with Crippen LogP contribution in [0.4, 0.5) is 8.78 Å². The highest BCUT2D eigenvalue weighted by molar-refractivity contribution is 7.78. The molecular weight excluding hydrogens is 480 g/mol. The predicted molar refractivity (Wildman–Crippen MR) is 146 cm³/mol. The smallest absolute Gasteiger partial charge is 0.199 e. The summed E-state index contributed by atoms with van der Waals surface area (Å²) in [5.74, 6) is -3.07. The molecule has 0 aromatic heterocycles. The van der Waals surface area contributed by atoms with Crippen molar-refractivity contribution in [1.29, 1.82) is 0 Å². The van der Waals surface area contributed by atoms with Gasteiger partial charge in [0.05, 0.1) is 5.16 Å². The lowest BCUT2D eigenvalue weighted by Crippen LogP contribution is -2.21. The number of halogens is 3. The topological polar surface area (TPSA) is 12.4 Å². The van der Waals surface area contributed by atoms with Gasteiger partial charge in [0.15, 0.2) is 0 Å². The van der Waals surface area contributed by atoms with E-state index in [1.807, 2.05) is 41.6 Å². The van der Waals surface area contributed by atoms with Crippen LogP contribution in [-0.4, -0.2) is 11.1 Å². The van der Waals surface area contributed by atoms with Crippen LogP contribution < -0.4 is 0 Å². The molecule has 3 aromatic carbocycles. The van der Waals surface area contributed by atoms with Gasteiger partial charge in [0, 0.05) is 17.0 Å². The molecule has 3 aromatic rings. The van der Waals surface area contributed by atoms with Crippen molar-refractivity contribution in [3.63, 3.8) is 0 Å². The summed E-state index contributed by atoms with van der Waals surface area (Å²) in [6.45, 7) is 2.22. The number of thiocarbonyl (C=S) groups is 1. The van der Waals surface area contributed by atoms with Crippen LogP contribution >= 0.6 is 23.8 Å². The fraction of sp³-hybridized carbons (Fsp3) is 0.233. The molecule has 35 heavy (non-hydrogen) atoms. The highest BCUT2D eigenvalue weighted by atomic mass is 35.5. The monoisotopic (exact) mass is 505 g/mol. The van der Waals surface area contributed by atoms with E-state index in [-0.39, 0.29) is 5.70 Å². The molecule has 0 unspecified atom stereocenters. The van der Waals surface area contributed by atoms with E-state index in [0.717, 1.165) is 34.2 Å². The van der Waals surface area contributed by atoms with Crippen molar-refractivity contribution in [2.45, 2.75) is 45.0 Å². The van der Waals surface area contributed by atoms with Gasteiger partial charge in [0.25, 0.3) is 5.92 Å². The molecule has 0 fully saturated rings. The number of aryl methyl sites for hydroxylation is 1. The molecule has 1 nitrogen and oxygen atoms in total. The van der Waals surface area contributed by atoms with Crippen molar-refractivity contribution in [3.05, 3.63) is 101 Å². The number of hydrogen-bond acceptors (Lipinski definition) is 2. The Balaban J connectivity index is 1.51. The Morgan fingerprint density at radius 2 is 1.54 bits per heavy atom. The summed E-state index contributed by atoms with van der Waals surface area (Å²) in [5.41, 5.74) is 6.31. The van der Waals surface area contributed by atoms with E-state index < -0.39 is 12.3 Å². The van der Waals surface area contributed by atoms with Gasteiger partial charge >= 0.3 is 0 Å². The Kier molecular flexibility index (Phi) is 8.07. The van der Waals surface area contributed by atoms with Gasteiger partial charge in [-0.05, 0) is 70.6 Å². The second-order valence-corrected chi connectivity index (χ2v) is 9.34. The van der Waals surface area contributed by atoms with Crippen LogP contribution in [-0.2, 0) is 6.42 Å². The molecule has 0 spiro atoms. The largest absolute Gasteiger partial charge is 0.294 e. The standard InChI is InChI=1S/C30H26ClF2NS/c1-2-3-4-5-21-6-8-22(9-7-21)25-14-16-27(28(31)18-25)24-12-10-23(11-13-24)26-15-17-29(34-20-35)30(32,33)19-26/h6-18H,2-5,19H2,1H3. The molecular formula is C30H26ClF2NS. The Hall–Kier alpha value is -2.91. The number of hydrogen-bond donors (Lipinski definition) is 0. The molecule has 0 radical (unpaired) electrons. The SMILES string of the molecule is CCCCCc1ccc(-c2ccc(-c3ccc(C4=CC=C(N=C=S)C(F)(F)C4)cc3)c(Cl)c2)cc1. The Bertz CT molecular complexity index is 1300. The number of allylic oxidation sites excluding steroid dienone is 4. The number of unbranched alkanes of at least 4 members (excludes halogenated alkanes) is 2. The van der Waals surface area contributed by atoms with Crippen LogP contribution in [0.5, 0.6) is 0 Å². The fourth-order valence-corrected chi connectivity index (χ4v) is 4.68. The summed E-state index contributed by atoms with van der Waals surface area (Å²) in [4.78, 5) is 3.49. The lowest BCUT2D eigenvalue weighted by atomic mass is 9.92. The molecule has 1 aliphatic rings. The van der Waals surface area contributed by atoms with Crippen molar-refractivity contribution in [3.8, 4) is 22.3 Å². The normalized spacial score (nSPS) is 14.6. The van der Waals surface area contributed by atoms with Gasteiger partial charge in [-0.3, -0.25) is 0 Å². The third kappa shape index (κ3) is 6.02. The Morgan fingerprint density at radius 1 is 0.886 bits per heavy atom. The first-order valence-electron chi connectivity index (χ1n) is 11.8. The van der Waals surface area contributed by atoms with Gasteiger partial charge in [0.1, 0.15) is 5.70 Å². The van der Waals surface area contributed by atoms with Crippen LogP contribution in [0.15, 0.2) is 89.6 Å². The zero-order valence-corrected chi connectivity index (χ0v) is 21.1. The molecule has 0 amide bonds. The average Bonchev–Trinajstić information content (AvgIpc) is 2.86. The summed E-state index contributed by atoms with van der Waals surface area (Å²) in [6.07, 6.45) is 7.35. The number of alkyl halides is 2. The molecule has 1 aliphatic carbocycles. The minimum Gasteiger partial charge on any atom is -0.199 e. The second-order valence-electron chi connectivity index (χ2n) is 8.75. The number of aliphatic imine (C=N–C) groups is 1. The molecule has 0 atom stereocenters. The van der Waals surface area contributed by atoms with Crippen LogP contribution in [0.3, 0.4) is 0 Å². The van der Waals surface area contributed by atoms with Crippen molar-refractivity contribution in [1.82, 2.24) is 0 Å². The summed E-state index contributed by atoms with van der Waals surface area (Å²) < 4.78 is 28.7. The maximum atomic E-state index is 14.4. The molecule has 0 N–H and O–H groups in total. The Morgan fingerprint density at radius 3 is 2.17 bits per heavy atom.